The van der Waals surface area contributed by atoms with E-state index in [0.717, 1.165) is 5.69 Å². The molecular weight excluding hydrogens is 242 g/mol. The largest absolute Gasteiger partial charge is 0.388 e. The van der Waals surface area contributed by atoms with Gasteiger partial charge in [-0.25, -0.2) is 4.68 Å². The number of aliphatic hydroxyl groups excluding tert-OH is 1. The average molecular weight is 253 g/mol. The van der Waals surface area contributed by atoms with Crippen LogP contribution in [-0.2, 0) is 0 Å². The minimum absolute atomic E-state index is 0.0333. The molecule has 90 valence electrons. The molecule has 1 atom stereocenters. The van der Waals surface area contributed by atoms with E-state index in [2.05, 4.69) is 5.10 Å². The van der Waals surface area contributed by atoms with Crippen LogP contribution in [0.25, 0.3) is 5.00 Å². The van der Waals surface area contributed by atoms with Gasteiger partial charge in [0.1, 0.15) is 0 Å². The fourth-order valence-corrected chi connectivity index (χ4v) is 2.42. The lowest BCUT2D eigenvalue weighted by molar-refractivity contribution is -0.384. The summed E-state index contributed by atoms with van der Waals surface area (Å²) in [6, 6.07) is 3.16. The lowest BCUT2D eigenvalue weighted by Crippen LogP contribution is -1.96. The number of aromatic nitrogens is 2. The molecule has 7 heteroatoms. The van der Waals surface area contributed by atoms with Gasteiger partial charge >= 0.3 is 5.69 Å². The summed E-state index contributed by atoms with van der Waals surface area (Å²) in [5, 5.41) is 24.9. The Morgan fingerprint density at radius 1 is 1.65 bits per heavy atom. The monoisotopic (exact) mass is 253 g/mol. The third-order valence-corrected chi connectivity index (χ3v) is 3.54. The number of nitro groups is 1. The van der Waals surface area contributed by atoms with E-state index >= 15 is 0 Å². The lowest BCUT2D eigenvalue weighted by atomic mass is 10.3. The maximum absolute atomic E-state index is 10.9. The highest BCUT2D eigenvalue weighted by Gasteiger charge is 2.22. The number of aryl methyl sites for hydroxylation is 1. The van der Waals surface area contributed by atoms with Crippen LogP contribution in [0.15, 0.2) is 18.3 Å². The van der Waals surface area contributed by atoms with Crippen molar-refractivity contribution in [1.82, 2.24) is 9.78 Å². The zero-order chi connectivity index (χ0) is 12.6. The highest BCUT2D eigenvalue weighted by molar-refractivity contribution is 7.15. The van der Waals surface area contributed by atoms with Crippen LogP contribution in [0.4, 0.5) is 5.69 Å². The van der Waals surface area contributed by atoms with Gasteiger partial charge in [0.05, 0.1) is 16.7 Å². The molecule has 0 radical (unpaired) electrons. The van der Waals surface area contributed by atoms with Crippen LogP contribution in [0, 0.1) is 17.0 Å². The van der Waals surface area contributed by atoms with E-state index in [9.17, 15) is 15.2 Å². The van der Waals surface area contributed by atoms with Gasteiger partial charge < -0.3 is 5.11 Å². The van der Waals surface area contributed by atoms with Crippen LogP contribution in [0.1, 0.15) is 23.6 Å². The number of hydrogen-bond donors (Lipinski definition) is 1. The molecule has 0 unspecified atom stereocenters. The van der Waals surface area contributed by atoms with Crippen molar-refractivity contribution in [2.24, 2.45) is 0 Å². The van der Waals surface area contributed by atoms with Crippen molar-refractivity contribution >= 4 is 17.0 Å². The van der Waals surface area contributed by atoms with E-state index in [0.29, 0.717) is 9.88 Å². The van der Waals surface area contributed by atoms with Gasteiger partial charge in [-0.1, -0.05) is 0 Å². The quantitative estimate of drug-likeness (QED) is 0.671. The van der Waals surface area contributed by atoms with Crippen LogP contribution in [0.5, 0.6) is 0 Å². The van der Waals surface area contributed by atoms with Gasteiger partial charge in [0.25, 0.3) is 0 Å². The molecule has 0 aliphatic carbocycles. The Morgan fingerprint density at radius 2 is 2.35 bits per heavy atom. The molecule has 0 aliphatic rings. The Bertz CT molecular complexity index is 559. The van der Waals surface area contributed by atoms with Gasteiger partial charge in [-0.2, -0.15) is 5.10 Å². The van der Waals surface area contributed by atoms with Crippen molar-refractivity contribution in [1.29, 1.82) is 0 Å². The normalized spacial score (nSPS) is 12.6. The molecule has 2 heterocycles. The van der Waals surface area contributed by atoms with Gasteiger partial charge in [0.2, 0.25) is 0 Å². The molecule has 0 aromatic carbocycles. The summed E-state index contributed by atoms with van der Waals surface area (Å²) in [5.41, 5.74) is 0.750. The summed E-state index contributed by atoms with van der Waals surface area (Å²) in [6.07, 6.45) is 0.948. The Balaban J connectivity index is 2.55. The fraction of sp³-hybridized carbons (Fsp3) is 0.300. The second kappa shape index (κ2) is 4.27. The molecule has 0 bridgehead atoms. The van der Waals surface area contributed by atoms with Crippen LogP contribution in [-0.4, -0.2) is 19.8 Å². The minimum atomic E-state index is -0.718. The Kier molecular flexibility index (Phi) is 2.95. The summed E-state index contributed by atoms with van der Waals surface area (Å²) in [5.74, 6) is 0. The van der Waals surface area contributed by atoms with E-state index in [4.69, 9.17) is 0 Å². The molecule has 2 aromatic rings. The first-order chi connectivity index (χ1) is 7.99. The number of hydrogen-bond acceptors (Lipinski definition) is 5. The van der Waals surface area contributed by atoms with Gasteiger partial charge in [-0.05, 0) is 19.9 Å². The summed E-state index contributed by atoms with van der Waals surface area (Å²) < 4.78 is 1.46. The maximum Gasteiger partial charge on any atom is 0.306 e. The van der Waals surface area contributed by atoms with E-state index in [1.165, 1.54) is 22.1 Å². The Morgan fingerprint density at radius 3 is 2.82 bits per heavy atom. The van der Waals surface area contributed by atoms with Gasteiger partial charge in [-0.15, -0.1) is 11.3 Å². The highest BCUT2D eigenvalue weighted by atomic mass is 32.1. The maximum atomic E-state index is 10.9. The zero-order valence-corrected chi connectivity index (χ0v) is 10.1. The van der Waals surface area contributed by atoms with Gasteiger partial charge in [0.15, 0.2) is 5.00 Å². The number of thiophene rings is 1. The molecule has 0 amide bonds. The topological polar surface area (TPSA) is 81.2 Å². The SMILES string of the molecule is Cc1ccn(-c2sc([C@@H](C)O)cc2[N+](=O)[O-])n1. The molecule has 2 rings (SSSR count). The summed E-state index contributed by atoms with van der Waals surface area (Å²) in [6.45, 7) is 3.39. The molecule has 6 nitrogen and oxygen atoms in total. The predicted octanol–water partition coefficient (Wildman–Crippen LogP) is 2.20. The van der Waals surface area contributed by atoms with E-state index in [1.54, 1.807) is 19.2 Å². The van der Waals surface area contributed by atoms with Gasteiger partial charge in [-0.3, -0.25) is 10.1 Å². The molecule has 0 saturated carbocycles. The van der Waals surface area contributed by atoms with Crippen molar-refractivity contribution in [2.75, 3.05) is 0 Å². The lowest BCUT2D eigenvalue weighted by Gasteiger charge is -1.97. The van der Waals surface area contributed by atoms with Crippen molar-refractivity contribution < 1.29 is 10.0 Å². The van der Waals surface area contributed by atoms with Crippen molar-refractivity contribution in [3.8, 4) is 5.00 Å². The second-order valence-corrected chi connectivity index (χ2v) is 4.74. The molecule has 2 aromatic heterocycles. The number of aliphatic hydroxyl groups is 1. The fourth-order valence-electron chi connectivity index (χ4n) is 1.42. The summed E-state index contributed by atoms with van der Waals surface area (Å²) in [7, 11) is 0. The van der Waals surface area contributed by atoms with Crippen molar-refractivity contribution in [3.05, 3.63) is 39.0 Å². The van der Waals surface area contributed by atoms with E-state index < -0.39 is 11.0 Å². The Hall–Kier alpha value is -1.73. The van der Waals surface area contributed by atoms with Crippen LogP contribution >= 0.6 is 11.3 Å². The molecule has 17 heavy (non-hydrogen) atoms. The van der Waals surface area contributed by atoms with Crippen molar-refractivity contribution in [2.45, 2.75) is 20.0 Å². The van der Waals surface area contributed by atoms with Crippen LogP contribution in [0.2, 0.25) is 0 Å². The number of nitrogens with zero attached hydrogens (tertiary/aromatic N) is 3. The molecule has 0 saturated heterocycles. The molecule has 0 aliphatic heterocycles. The standard InChI is InChI=1S/C10H11N3O3S/c1-6-3-4-12(11-6)10-8(13(15)16)5-9(17-10)7(2)14/h3-5,7,14H,1-2H3/t7-/m1/s1. The zero-order valence-electron chi connectivity index (χ0n) is 9.32. The Labute approximate surface area is 101 Å². The first kappa shape index (κ1) is 11.7. The molecule has 1 N–H and O–H groups in total. The van der Waals surface area contributed by atoms with Crippen molar-refractivity contribution in [3.63, 3.8) is 0 Å². The smallest absolute Gasteiger partial charge is 0.306 e. The van der Waals surface area contributed by atoms with Gasteiger partial charge in [0, 0.05) is 17.1 Å². The van der Waals surface area contributed by atoms with E-state index in [-0.39, 0.29) is 5.69 Å². The summed E-state index contributed by atoms with van der Waals surface area (Å²) >= 11 is 1.17. The highest BCUT2D eigenvalue weighted by Crippen LogP contribution is 2.35. The van der Waals surface area contributed by atoms with E-state index in [1.807, 2.05) is 6.92 Å². The van der Waals surface area contributed by atoms with Crippen LogP contribution in [0.3, 0.4) is 0 Å². The third kappa shape index (κ3) is 2.20. The number of rotatable bonds is 3. The molecule has 0 spiro atoms. The predicted molar refractivity (Wildman–Crippen MR) is 63.5 cm³/mol. The molecular formula is C10H11N3O3S. The minimum Gasteiger partial charge on any atom is -0.388 e. The van der Waals surface area contributed by atoms with Crippen LogP contribution < -0.4 is 0 Å². The first-order valence-corrected chi connectivity index (χ1v) is 5.79. The first-order valence-electron chi connectivity index (χ1n) is 4.98. The average Bonchev–Trinajstić information content (AvgIpc) is 2.82. The second-order valence-electron chi connectivity index (χ2n) is 3.67. The molecule has 0 fully saturated rings. The summed E-state index contributed by atoms with van der Waals surface area (Å²) in [4.78, 5) is 11.0. The third-order valence-electron chi connectivity index (χ3n) is 2.25.